The molecule has 0 heteroatoms. The fraction of sp³-hybridized carbons (Fsp3) is 0.875. The number of rotatable bonds is 2. The van der Waals surface area contributed by atoms with Gasteiger partial charge in [-0.2, -0.15) is 0 Å². The Bertz CT molecular complexity index is 59.7. The fourth-order valence-electron chi connectivity index (χ4n) is 1.24. The minimum absolute atomic E-state index is 0.892. The summed E-state index contributed by atoms with van der Waals surface area (Å²) in [6.07, 6.45) is 5.53. The predicted octanol–water partition coefficient (Wildman–Crippen LogP) is 2.65. The molecule has 1 radical (unpaired) electrons. The highest BCUT2D eigenvalue weighted by atomic mass is 14.3. The molecule has 0 amide bonds. The summed E-state index contributed by atoms with van der Waals surface area (Å²) >= 11 is 0. The molecule has 47 valence electrons. The third-order valence-corrected chi connectivity index (χ3v) is 2.41. The first-order valence-electron chi connectivity index (χ1n) is 3.64. The highest BCUT2D eigenvalue weighted by Crippen LogP contribution is 2.34. The molecule has 0 heterocycles. The van der Waals surface area contributed by atoms with Crippen LogP contribution in [0.25, 0.3) is 0 Å². The molecular weight excluding hydrogens is 96.1 g/mol. The van der Waals surface area contributed by atoms with Gasteiger partial charge in [-0.1, -0.05) is 39.5 Å². The minimum atomic E-state index is 0.892. The zero-order valence-electron chi connectivity index (χ0n) is 5.69. The summed E-state index contributed by atoms with van der Waals surface area (Å²) in [6, 6.07) is 0. The van der Waals surface area contributed by atoms with E-state index in [1.54, 1.807) is 0 Å². The van der Waals surface area contributed by atoms with E-state index in [0.717, 1.165) is 18.3 Å². The highest BCUT2D eigenvalue weighted by Gasteiger charge is 2.21. The Balaban J connectivity index is 2.13. The van der Waals surface area contributed by atoms with Gasteiger partial charge in [-0.15, -0.1) is 0 Å². The standard InChI is InChI=1S/C8H15/c1-3-7(2)8-5-4-6-8/h7-8H,1,3-6H2,2H3. The summed E-state index contributed by atoms with van der Waals surface area (Å²) in [6.45, 7) is 6.20. The second kappa shape index (κ2) is 2.52. The van der Waals surface area contributed by atoms with Gasteiger partial charge in [0, 0.05) is 0 Å². The predicted molar refractivity (Wildman–Crippen MR) is 36.5 cm³/mol. The third-order valence-electron chi connectivity index (χ3n) is 2.41. The Hall–Kier alpha value is 0. The highest BCUT2D eigenvalue weighted by molar-refractivity contribution is 4.74. The maximum absolute atomic E-state index is 3.89. The molecule has 0 aromatic rings. The van der Waals surface area contributed by atoms with Gasteiger partial charge in [0.25, 0.3) is 0 Å². The van der Waals surface area contributed by atoms with Crippen molar-refractivity contribution in [3.63, 3.8) is 0 Å². The van der Waals surface area contributed by atoms with Crippen LogP contribution in [0.2, 0.25) is 0 Å². The zero-order valence-corrected chi connectivity index (χ0v) is 5.69. The number of hydrogen-bond donors (Lipinski definition) is 0. The molecule has 0 aromatic heterocycles. The maximum atomic E-state index is 3.89. The van der Waals surface area contributed by atoms with Gasteiger partial charge < -0.3 is 0 Å². The molecular formula is C8H15. The van der Waals surface area contributed by atoms with E-state index >= 15 is 0 Å². The molecule has 1 aliphatic rings. The van der Waals surface area contributed by atoms with Crippen molar-refractivity contribution in [2.45, 2.75) is 32.6 Å². The van der Waals surface area contributed by atoms with Crippen molar-refractivity contribution in [2.75, 3.05) is 0 Å². The van der Waals surface area contributed by atoms with Crippen LogP contribution in [-0.4, -0.2) is 0 Å². The van der Waals surface area contributed by atoms with Gasteiger partial charge in [0.2, 0.25) is 0 Å². The quantitative estimate of drug-likeness (QED) is 0.514. The van der Waals surface area contributed by atoms with Crippen molar-refractivity contribution in [2.24, 2.45) is 11.8 Å². The lowest BCUT2D eigenvalue weighted by Crippen LogP contribution is -2.18. The maximum Gasteiger partial charge on any atom is -0.0388 e. The van der Waals surface area contributed by atoms with E-state index in [9.17, 15) is 0 Å². The van der Waals surface area contributed by atoms with Gasteiger partial charge in [-0.25, -0.2) is 0 Å². The normalized spacial score (nSPS) is 24.8. The van der Waals surface area contributed by atoms with Crippen LogP contribution in [0, 0.1) is 18.8 Å². The van der Waals surface area contributed by atoms with Gasteiger partial charge in [-0.05, 0) is 11.8 Å². The Morgan fingerprint density at radius 2 is 2.25 bits per heavy atom. The van der Waals surface area contributed by atoms with E-state index in [2.05, 4.69) is 13.8 Å². The van der Waals surface area contributed by atoms with Crippen LogP contribution >= 0.6 is 0 Å². The summed E-state index contributed by atoms with van der Waals surface area (Å²) in [4.78, 5) is 0. The van der Waals surface area contributed by atoms with Crippen molar-refractivity contribution >= 4 is 0 Å². The lowest BCUT2D eigenvalue weighted by Gasteiger charge is -2.30. The molecule has 8 heavy (non-hydrogen) atoms. The molecule has 1 aliphatic carbocycles. The van der Waals surface area contributed by atoms with Crippen molar-refractivity contribution < 1.29 is 0 Å². The van der Waals surface area contributed by atoms with Crippen LogP contribution in [0.1, 0.15) is 32.6 Å². The molecule has 1 unspecified atom stereocenters. The topological polar surface area (TPSA) is 0 Å². The van der Waals surface area contributed by atoms with E-state index < -0.39 is 0 Å². The summed E-state index contributed by atoms with van der Waals surface area (Å²) in [5, 5.41) is 0. The van der Waals surface area contributed by atoms with Crippen molar-refractivity contribution in [3.8, 4) is 0 Å². The minimum Gasteiger partial charge on any atom is -0.0622 e. The summed E-state index contributed by atoms with van der Waals surface area (Å²) in [5.41, 5.74) is 0. The second-order valence-corrected chi connectivity index (χ2v) is 2.96. The van der Waals surface area contributed by atoms with Crippen LogP contribution in [0.4, 0.5) is 0 Å². The van der Waals surface area contributed by atoms with Gasteiger partial charge in [-0.3, -0.25) is 0 Å². The van der Waals surface area contributed by atoms with Crippen LogP contribution in [-0.2, 0) is 0 Å². The smallest absolute Gasteiger partial charge is 0.0388 e. The third kappa shape index (κ3) is 1.04. The molecule has 0 saturated heterocycles. The first-order valence-corrected chi connectivity index (χ1v) is 3.64. The molecule has 0 aliphatic heterocycles. The monoisotopic (exact) mass is 111 g/mol. The van der Waals surface area contributed by atoms with Crippen LogP contribution in [0.15, 0.2) is 0 Å². The van der Waals surface area contributed by atoms with Crippen LogP contribution in [0.3, 0.4) is 0 Å². The largest absolute Gasteiger partial charge is 0.0622 e. The Labute approximate surface area is 52.3 Å². The molecule has 1 atom stereocenters. The van der Waals surface area contributed by atoms with Gasteiger partial charge in [0.1, 0.15) is 0 Å². The molecule has 0 nitrogen and oxygen atoms in total. The number of hydrogen-bond acceptors (Lipinski definition) is 0. The van der Waals surface area contributed by atoms with E-state index in [-0.39, 0.29) is 0 Å². The average molecular weight is 111 g/mol. The lowest BCUT2D eigenvalue weighted by molar-refractivity contribution is 0.221. The molecule has 1 rings (SSSR count). The van der Waals surface area contributed by atoms with Crippen molar-refractivity contribution in [3.05, 3.63) is 6.92 Å². The SMILES string of the molecule is [CH2]CC(C)C1CCC1. The van der Waals surface area contributed by atoms with Crippen LogP contribution < -0.4 is 0 Å². The van der Waals surface area contributed by atoms with Gasteiger partial charge in [0.15, 0.2) is 0 Å². The van der Waals surface area contributed by atoms with Gasteiger partial charge >= 0.3 is 0 Å². The molecule has 1 saturated carbocycles. The Morgan fingerprint density at radius 3 is 2.38 bits per heavy atom. The molecule has 0 aromatic carbocycles. The van der Waals surface area contributed by atoms with E-state index in [4.69, 9.17) is 0 Å². The van der Waals surface area contributed by atoms with E-state index in [1.807, 2.05) is 0 Å². The van der Waals surface area contributed by atoms with Crippen LogP contribution in [0.5, 0.6) is 0 Å². The average Bonchev–Trinajstić information content (AvgIpc) is 1.62. The van der Waals surface area contributed by atoms with Crippen molar-refractivity contribution in [1.82, 2.24) is 0 Å². The van der Waals surface area contributed by atoms with Crippen molar-refractivity contribution in [1.29, 1.82) is 0 Å². The Kier molecular flexibility index (Phi) is 1.93. The lowest BCUT2D eigenvalue weighted by atomic mass is 9.76. The molecule has 0 bridgehead atoms. The summed E-state index contributed by atoms with van der Waals surface area (Å²) in [5.74, 6) is 1.93. The van der Waals surface area contributed by atoms with Gasteiger partial charge in [0.05, 0.1) is 0 Å². The molecule has 0 spiro atoms. The van der Waals surface area contributed by atoms with E-state index in [0.29, 0.717) is 0 Å². The fourth-order valence-corrected chi connectivity index (χ4v) is 1.24. The molecule has 1 fully saturated rings. The summed E-state index contributed by atoms with van der Waals surface area (Å²) in [7, 11) is 0. The summed E-state index contributed by atoms with van der Waals surface area (Å²) < 4.78 is 0. The second-order valence-electron chi connectivity index (χ2n) is 2.96. The molecule has 0 N–H and O–H groups in total. The Morgan fingerprint density at radius 1 is 1.62 bits per heavy atom. The first kappa shape index (κ1) is 6.12. The zero-order chi connectivity index (χ0) is 5.98. The first-order chi connectivity index (χ1) is 3.84. The van der Waals surface area contributed by atoms with E-state index in [1.165, 1.54) is 19.3 Å².